The Morgan fingerprint density at radius 2 is 2.03 bits per heavy atom. The molecular formula is C23H20N4O5S3. The van der Waals surface area contributed by atoms with Crippen molar-refractivity contribution >= 4 is 55.6 Å². The van der Waals surface area contributed by atoms with Gasteiger partial charge in [0.15, 0.2) is 12.3 Å². The number of anilines is 2. The molecule has 9 nitrogen and oxygen atoms in total. The quantitative estimate of drug-likeness (QED) is 0.415. The van der Waals surface area contributed by atoms with Crippen LogP contribution in [0.2, 0.25) is 0 Å². The summed E-state index contributed by atoms with van der Waals surface area (Å²) in [5.41, 5.74) is 0.774. The minimum Gasteiger partial charge on any atom is -0.482 e. The molecule has 2 aromatic carbocycles. The first-order chi connectivity index (χ1) is 16.7. The van der Waals surface area contributed by atoms with Crippen molar-refractivity contribution < 1.29 is 23.1 Å². The minimum absolute atomic E-state index is 0.0232. The van der Waals surface area contributed by atoms with Gasteiger partial charge in [0, 0.05) is 30.2 Å². The maximum Gasteiger partial charge on any atom is 0.262 e. The van der Waals surface area contributed by atoms with E-state index in [0.29, 0.717) is 39.3 Å². The van der Waals surface area contributed by atoms with Gasteiger partial charge < -0.3 is 20.1 Å². The van der Waals surface area contributed by atoms with Gasteiger partial charge in [-0.2, -0.15) is 0 Å². The van der Waals surface area contributed by atoms with E-state index in [2.05, 4.69) is 15.0 Å². The molecule has 3 N–H and O–H groups in total. The average Bonchev–Trinajstić information content (AvgIpc) is 3.14. The number of thiocarbonyl (C=S) groups is 1. The van der Waals surface area contributed by atoms with Gasteiger partial charge in [-0.1, -0.05) is 42.2 Å². The molecule has 1 unspecified atom stereocenters. The highest BCUT2D eigenvalue weighted by atomic mass is 32.2. The lowest BCUT2D eigenvalue weighted by Gasteiger charge is -2.34. The molecule has 0 saturated carbocycles. The van der Waals surface area contributed by atoms with Crippen LogP contribution in [0.5, 0.6) is 5.75 Å². The molecule has 2 aliphatic rings. The molecule has 35 heavy (non-hydrogen) atoms. The zero-order chi connectivity index (χ0) is 24.6. The van der Waals surface area contributed by atoms with Gasteiger partial charge in [-0.3, -0.25) is 14.5 Å². The number of rotatable bonds is 6. The van der Waals surface area contributed by atoms with Gasteiger partial charge in [-0.05, 0) is 42.0 Å². The number of nitrogens with one attached hydrogen (secondary N) is 2. The highest BCUT2D eigenvalue weighted by Crippen LogP contribution is 2.40. The van der Waals surface area contributed by atoms with Gasteiger partial charge >= 0.3 is 0 Å². The van der Waals surface area contributed by atoms with Crippen LogP contribution in [0, 0.1) is 0 Å². The maximum atomic E-state index is 12.9. The average molecular weight is 529 g/mol. The predicted molar refractivity (Wildman–Crippen MR) is 137 cm³/mol. The molecule has 0 spiro atoms. The highest BCUT2D eigenvalue weighted by molar-refractivity contribution is 8.23. The summed E-state index contributed by atoms with van der Waals surface area (Å²) < 4.78 is 34.2. The molecule has 12 heteroatoms. The number of benzene rings is 2. The fourth-order valence-electron chi connectivity index (χ4n) is 3.83. The summed E-state index contributed by atoms with van der Waals surface area (Å²) in [7, 11) is -3.93. The molecule has 1 atom stereocenters. The highest BCUT2D eigenvalue weighted by Gasteiger charge is 2.44. The Labute approximate surface area is 211 Å². The fraction of sp³-hybridized carbons (Fsp3) is 0.174. The van der Waals surface area contributed by atoms with Crippen molar-refractivity contribution in [1.29, 1.82) is 0 Å². The van der Waals surface area contributed by atoms with E-state index >= 15 is 0 Å². The number of thioether (sulfide) groups is 1. The standard InChI is InChI=1S/C23H20N4O5S3/c28-21-13-32-20-8-7-18(10-19(20)25-21)35(30,31)26-17-5-3-16(4-6-17)23(29)14-34-22(33)27(23)12-15-2-1-9-24-11-15/h1-11,26,29H,12-14H2,(H,25,28). The lowest BCUT2D eigenvalue weighted by atomic mass is 10.0. The first-order valence-electron chi connectivity index (χ1n) is 10.5. The zero-order valence-corrected chi connectivity index (χ0v) is 20.6. The van der Waals surface area contributed by atoms with Crippen molar-refractivity contribution in [2.24, 2.45) is 0 Å². The molecule has 0 radical (unpaired) electrons. The predicted octanol–water partition coefficient (Wildman–Crippen LogP) is 2.89. The van der Waals surface area contributed by atoms with Crippen LogP contribution in [0.3, 0.4) is 0 Å². The van der Waals surface area contributed by atoms with E-state index in [0.717, 1.165) is 5.56 Å². The van der Waals surface area contributed by atoms with E-state index in [1.54, 1.807) is 41.6 Å². The molecule has 0 aliphatic carbocycles. The normalized spacial score (nSPS) is 19.6. The molecule has 3 heterocycles. The van der Waals surface area contributed by atoms with Crippen LogP contribution in [0.15, 0.2) is 71.9 Å². The molecule has 5 rings (SSSR count). The Balaban J connectivity index is 1.35. The first kappa shape index (κ1) is 23.5. The van der Waals surface area contributed by atoms with Crippen LogP contribution < -0.4 is 14.8 Å². The number of pyridine rings is 1. The van der Waals surface area contributed by atoms with Crippen molar-refractivity contribution in [3.05, 3.63) is 78.1 Å². The lowest BCUT2D eigenvalue weighted by Crippen LogP contribution is -2.44. The lowest BCUT2D eigenvalue weighted by molar-refractivity contribution is -0.118. The molecular weight excluding hydrogens is 508 g/mol. The summed E-state index contributed by atoms with van der Waals surface area (Å²) in [6, 6.07) is 14.5. The Bertz CT molecular complexity index is 1400. The van der Waals surface area contributed by atoms with Crippen LogP contribution in [0.1, 0.15) is 11.1 Å². The van der Waals surface area contributed by atoms with E-state index in [1.165, 1.54) is 30.0 Å². The van der Waals surface area contributed by atoms with Crippen LogP contribution in [-0.4, -0.2) is 46.0 Å². The fourth-order valence-corrected chi connectivity index (χ4v) is 6.32. The number of carbonyl (C=O) groups is 1. The third kappa shape index (κ3) is 4.69. The second kappa shape index (κ2) is 9.11. The van der Waals surface area contributed by atoms with E-state index < -0.39 is 15.7 Å². The van der Waals surface area contributed by atoms with Gasteiger partial charge in [-0.15, -0.1) is 0 Å². The molecule has 1 fully saturated rings. The van der Waals surface area contributed by atoms with Gasteiger partial charge in [0.2, 0.25) is 0 Å². The number of aliphatic hydroxyl groups is 1. The summed E-state index contributed by atoms with van der Waals surface area (Å²) in [6.07, 6.45) is 3.41. The molecule has 1 amide bonds. The topological polar surface area (TPSA) is 121 Å². The summed E-state index contributed by atoms with van der Waals surface area (Å²) in [5.74, 6) is 0.403. The summed E-state index contributed by atoms with van der Waals surface area (Å²) >= 11 is 6.86. The van der Waals surface area contributed by atoms with Crippen molar-refractivity contribution in [3.63, 3.8) is 0 Å². The molecule has 1 saturated heterocycles. The van der Waals surface area contributed by atoms with Crippen molar-refractivity contribution in [2.45, 2.75) is 17.2 Å². The van der Waals surface area contributed by atoms with Crippen LogP contribution in [0.4, 0.5) is 11.4 Å². The third-order valence-corrected chi connectivity index (χ3v) is 8.59. The second-order valence-corrected chi connectivity index (χ2v) is 11.3. The molecule has 180 valence electrons. The van der Waals surface area contributed by atoms with Crippen molar-refractivity contribution in [1.82, 2.24) is 9.88 Å². The Hall–Kier alpha value is -3.19. The monoisotopic (exact) mass is 528 g/mol. The molecule has 0 bridgehead atoms. The van der Waals surface area contributed by atoms with Crippen molar-refractivity contribution in [2.75, 3.05) is 22.4 Å². The third-order valence-electron chi connectivity index (χ3n) is 5.62. The Morgan fingerprint density at radius 1 is 1.23 bits per heavy atom. The second-order valence-electron chi connectivity index (χ2n) is 8.00. The molecule has 1 aromatic heterocycles. The molecule has 3 aromatic rings. The van der Waals surface area contributed by atoms with Gasteiger partial charge in [0.25, 0.3) is 15.9 Å². The number of amides is 1. The van der Waals surface area contributed by atoms with Crippen LogP contribution in [-0.2, 0) is 27.1 Å². The van der Waals surface area contributed by atoms with Gasteiger partial charge in [0.1, 0.15) is 10.1 Å². The zero-order valence-electron chi connectivity index (χ0n) is 18.2. The Morgan fingerprint density at radius 3 is 2.77 bits per heavy atom. The molecule has 2 aliphatic heterocycles. The number of hydrogen-bond donors (Lipinski definition) is 3. The minimum atomic E-state index is -3.93. The summed E-state index contributed by atoms with van der Waals surface area (Å²) in [4.78, 5) is 17.4. The van der Waals surface area contributed by atoms with Gasteiger partial charge in [-0.25, -0.2) is 8.42 Å². The number of ether oxygens (including phenoxy) is 1. The number of sulfonamides is 1. The van der Waals surface area contributed by atoms with Crippen molar-refractivity contribution in [3.8, 4) is 5.75 Å². The summed E-state index contributed by atoms with van der Waals surface area (Å²) in [5, 5.41) is 14.1. The maximum absolute atomic E-state index is 12.9. The van der Waals surface area contributed by atoms with E-state index in [1.807, 2.05) is 12.1 Å². The van der Waals surface area contributed by atoms with Crippen LogP contribution in [0.25, 0.3) is 0 Å². The van der Waals surface area contributed by atoms with E-state index in [-0.39, 0.29) is 17.4 Å². The van der Waals surface area contributed by atoms with Gasteiger partial charge in [0.05, 0.1) is 16.3 Å². The SMILES string of the molecule is O=C1COc2ccc(S(=O)(=O)Nc3ccc(C4(O)CSC(=S)N4Cc4cccnc4)cc3)cc2N1. The number of aromatic nitrogens is 1. The van der Waals surface area contributed by atoms with E-state index in [9.17, 15) is 18.3 Å². The van der Waals surface area contributed by atoms with E-state index in [4.69, 9.17) is 17.0 Å². The largest absolute Gasteiger partial charge is 0.482 e. The number of fused-ring (bicyclic) bond motifs is 1. The van der Waals surface area contributed by atoms with Crippen LogP contribution >= 0.6 is 24.0 Å². The number of carbonyl (C=O) groups excluding carboxylic acids is 1. The number of hydrogen-bond acceptors (Lipinski definition) is 8. The number of nitrogens with zero attached hydrogens (tertiary/aromatic N) is 2. The summed E-state index contributed by atoms with van der Waals surface area (Å²) in [6.45, 7) is 0.280. The Kier molecular flexibility index (Phi) is 6.13. The first-order valence-corrected chi connectivity index (χ1v) is 13.4. The smallest absolute Gasteiger partial charge is 0.262 e.